The van der Waals surface area contributed by atoms with Crippen LogP contribution in [0.25, 0.3) is 0 Å². The molecule has 0 spiro atoms. The Morgan fingerprint density at radius 3 is 2.76 bits per heavy atom. The number of amides is 1. The normalized spacial score (nSPS) is 11.9. The van der Waals surface area contributed by atoms with E-state index in [9.17, 15) is 4.79 Å². The van der Waals surface area contributed by atoms with Crippen molar-refractivity contribution >= 4 is 35.0 Å². The van der Waals surface area contributed by atoms with Gasteiger partial charge in [0.1, 0.15) is 5.75 Å². The lowest BCUT2D eigenvalue weighted by Crippen LogP contribution is -2.16. The molecule has 6 nitrogen and oxygen atoms in total. The zero-order chi connectivity index (χ0) is 20.8. The van der Waals surface area contributed by atoms with E-state index in [0.717, 1.165) is 11.3 Å². The number of aromatic nitrogens is 3. The first-order valence-corrected chi connectivity index (χ1v) is 10.7. The summed E-state index contributed by atoms with van der Waals surface area (Å²) in [4.78, 5) is 12.3. The lowest BCUT2D eigenvalue weighted by atomic mass is 10.2. The lowest BCUT2D eigenvalue weighted by molar-refractivity contribution is -0.113. The quantitative estimate of drug-likeness (QED) is 0.501. The largest absolute Gasteiger partial charge is 0.483 e. The molecule has 1 amide bonds. The second-order valence-corrected chi connectivity index (χ2v) is 7.83. The van der Waals surface area contributed by atoms with Gasteiger partial charge >= 0.3 is 0 Å². The Morgan fingerprint density at radius 1 is 1.24 bits per heavy atom. The number of para-hydroxylation sites is 1. The maximum atomic E-state index is 12.3. The third-order valence-corrected chi connectivity index (χ3v) is 5.49. The van der Waals surface area contributed by atoms with E-state index >= 15 is 0 Å². The fourth-order valence-electron chi connectivity index (χ4n) is 2.83. The minimum atomic E-state index is -0.309. The molecular weight excluding hydrogens is 408 g/mol. The van der Waals surface area contributed by atoms with Crippen LogP contribution in [0.15, 0.2) is 53.7 Å². The Bertz CT molecular complexity index is 992. The fourth-order valence-corrected chi connectivity index (χ4v) is 3.82. The number of halogens is 1. The fraction of sp³-hybridized carbons (Fsp3) is 0.286. The van der Waals surface area contributed by atoms with Crippen LogP contribution in [0.2, 0.25) is 5.02 Å². The molecule has 0 radical (unpaired) electrons. The predicted molar refractivity (Wildman–Crippen MR) is 117 cm³/mol. The Labute approximate surface area is 179 Å². The zero-order valence-electron chi connectivity index (χ0n) is 16.6. The van der Waals surface area contributed by atoms with E-state index in [1.54, 1.807) is 12.1 Å². The van der Waals surface area contributed by atoms with Crippen molar-refractivity contribution in [1.29, 1.82) is 0 Å². The molecule has 3 rings (SSSR count). The van der Waals surface area contributed by atoms with Crippen molar-refractivity contribution in [3.05, 3.63) is 64.9 Å². The van der Waals surface area contributed by atoms with E-state index in [1.807, 2.05) is 61.7 Å². The summed E-state index contributed by atoms with van der Waals surface area (Å²) < 4.78 is 7.92. The van der Waals surface area contributed by atoms with Crippen LogP contribution >= 0.6 is 23.4 Å². The molecule has 3 aromatic rings. The molecule has 29 heavy (non-hydrogen) atoms. The first-order chi connectivity index (χ1) is 14.0. The molecule has 0 aliphatic rings. The van der Waals surface area contributed by atoms with Gasteiger partial charge in [0.2, 0.25) is 5.91 Å². The number of nitrogens with one attached hydrogen (secondary N) is 1. The molecule has 1 heterocycles. The molecule has 0 saturated carbocycles. The summed E-state index contributed by atoms with van der Waals surface area (Å²) >= 11 is 7.37. The third-order valence-electron chi connectivity index (χ3n) is 4.29. The van der Waals surface area contributed by atoms with Crippen molar-refractivity contribution in [2.45, 2.75) is 38.6 Å². The summed E-state index contributed by atoms with van der Waals surface area (Å²) in [5.74, 6) is 1.53. The smallest absolute Gasteiger partial charge is 0.234 e. The molecule has 8 heteroatoms. The predicted octanol–water partition coefficient (Wildman–Crippen LogP) is 5.13. The third kappa shape index (κ3) is 5.52. The van der Waals surface area contributed by atoms with Crippen LogP contribution in [0.3, 0.4) is 0 Å². The van der Waals surface area contributed by atoms with Crippen molar-refractivity contribution < 1.29 is 9.53 Å². The standard InChI is InChI=1S/C21H23ClN4O2S/c1-4-26-20(15(3)28-17-10-7-9-16(22)12-17)24-25-21(26)29-13-19(27)23-18-11-6-5-8-14(18)2/h5-12,15H,4,13H2,1-3H3,(H,23,27). The number of ether oxygens (including phenoxy) is 1. The topological polar surface area (TPSA) is 69.0 Å². The number of hydrogen-bond acceptors (Lipinski definition) is 5. The first-order valence-electron chi connectivity index (χ1n) is 9.31. The molecule has 1 atom stereocenters. The second-order valence-electron chi connectivity index (χ2n) is 6.45. The average molecular weight is 431 g/mol. The van der Waals surface area contributed by atoms with Gasteiger partial charge in [-0.2, -0.15) is 0 Å². The van der Waals surface area contributed by atoms with Gasteiger partial charge < -0.3 is 14.6 Å². The number of thioether (sulfide) groups is 1. The van der Waals surface area contributed by atoms with Gasteiger partial charge in [0.25, 0.3) is 0 Å². The maximum absolute atomic E-state index is 12.3. The van der Waals surface area contributed by atoms with Gasteiger partial charge in [0.15, 0.2) is 17.1 Å². The number of benzene rings is 2. The molecule has 0 aliphatic carbocycles. The molecule has 152 valence electrons. The highest BCUT2D eigenvalue weighted by molar-refractivity contribution is 7.99. The first kappa shape index (κ1) is 21.2. The summed E-state index contributed by atoms with van der Waals surface area (Å²) in [6.07, 6.45) is -0.309. The summed E-state index contributed by atoms with van der Waals surface area (Å²) in [6.45, 7) is 6.56. The summed E-state index contributed by atoms with van der Waals surface area (Å²) in [6, 6.07) is 14.9. The van der Waals surface area contributed by atoms with Gasteiger partial charge in [0, 0.05) is 17.3 Å². The minimum absolute atomic E-state index is 0.0836. The van der Waals surface area contributed by atoms with E-state index in [2.05, 4.69) is 15.5 Å². The monoisotopic (exact) mass is 430 g/mol. The summed E-state index contributed by atoms with van der Waals surface area (Å²) in [7, 11) is 0. The SMILES string of the molecule is CCn1c(SCC(=O)Nc2ccccc2C)nnc1C(C)Oc1cccc(Cl)c1. The van der Waals surface area contributed by atoms with Gasteiger partial charge in [-0.15, -0.1) is 10.2 Å². The maximum Gasteiger partial charge on any atom is 0.234 e. The number of carbonyl (C=O) groups excluding carboxylic acids is 1. The Kier molecular flexibility index (Phi) is 7.17. The zero-order valence-corrected chi connectivity index (χ0v) is 18.1. The van der Waals surface area contributed by atoms with E-state index < -0.39 is 0 Å². The van der Waals surface area contributed by atoms with Gasteiger partial charge in [-0.25, -0.2) is 0 Å². The van der Waals surface area contributed by atoms with Crippen LogP contribution in [0.1, 0.15) is 31.3 Å². The number of anilines is 1. The van der Waals surface area contributed by atoms with Crippen molar-refractivity contribution in [2.24, 2.45) is 0 Å². The highest BCUT2D eigenvalue weighted by atomic mass is 35.5. The Morgan fingerprint density at radius 2 is 2.03 bits per heavy atom. The van der Waals surface area contributed by atoms with Crippen molar-refractivity contribution in [3.8, 4) is 5.75 Å². The van der Waals surface area contributed by atoms with Gasteiger partial charge in [-0.05, 0) is 50.6 Å². The number of aryl methyl sites for hydroxylation is 1. The van der Waals surface area contributed by atoms with Crippen LogP contribution in [-0.4, -0.2) is 26.4 Å². The molecule has 0 aliphatic heterocycles. The van der Waals surface area contributed by atoms with E-state index in [0.29, 0.717) is 28.3 Å². The van der Waals surface area contributed by atoms with Crippen LogP contribution in [-0.2, 0) is 11.3 Å². The van der Waals surface area contributed by atoms with Gasteiger partial charge in [-0.3, -0.25) is 4.79 Å². The summed E-state index contributed by atoms with van der Waals surface area (Å²) in [5, 5.41) is 12.8. The number of nitrogens with zero attached hydrogens (tertiary/aromatic N) is 3. The number of rotatable bonds is 8. The van der Waals surface area contributed by atoms with Crippen LogP contribution in [0.5, 0.6) is 5.75 Å². The molecule has 1 N–H and O–H groups in total. The second kappa shape index (κ2) is 9.80. The lowest BCUT2D eigenvalue weighted by Gasteiger charge is -2.15. The van der Waals surface area contributed by atoms with Crippen LogP contribution in [0.4, 0.5) is 5.69 Å². The molecule has 1 aromatic heterocycles. The highest BCUT2D eigenvalue weighted by Gasteiger charge is 2.19. The highest BCUT2D eigenvalue weighted by Crippen LogP contribution is 2.26. The number of carbonyl (C=O) groups is 1. The number of hydrogen-bond donors (Lipinski definition) is 1. The van der Waals surface area contributed by atoms with E-state index in [-0.39, 0.29) is 17.8 Å². The van der Waals surface area contributed by atoms with Crippen molar-refractivity contribution in [1.82, 2.24) is 14.8 Å². The molecule has 2 aromatic carbocycles. The van der Waals surface area contributed by atoms with Crippen molar-refractivity contribution in [3.63, 3.8) is 0 Å². The molecule has 0 bridgehead atoms. The van der Waals surface area contributed by atoms with Gasteiger partial charge in [-0.1, -0.05) is 47.6 Å². The van der Waals surface area contributed by atoms with Crippen LogP contribution < -0.4 is 10.1 Å². The molecule has 0 fully saturated rings. The van der Waals surface area contributed by atoms with E-state index in [4.69, 9.17) is 16.3 Å². The molecular formula is C21H23ClN4O2S. The van der Waals surface area contributed by atoms with E-state index in [1.165, 1.54) is 11.8 Å². The average Bonchev–Trinajstić information content (AvgIpc) is 3.11. The van der Waals surface area contributed by atoms with Gasteiger partial charge in [0.05, 0.1) is 5.75 Å². The summed E-state index contributed by atoms with van der Waals surface area (Å²) in [5.41, 5.74) is 1.84. The molecule has 0 saturated heterocycles. The van der Waals surface area contributed by atoms with Crippen molar-refractivity contribution in [2.75, 3.05) is 11.1 Å². The Balaban J connectivity index is 1.64. The molecule has 1 unspecified atom stereocenters. The van der Waals surface area contributed by atoms with Crippen LogP contribution in [0, 0.1) is 6.92 Å². The minimum Gasteiger partial charge on any atom is -0.483 e. The Hall–Kier alpha value is -2.51.